The van der Waals surface area contributed by atoms with E-state index in [0.29, 0.717) is 5.92 Å². The van der Waals surface area contributed by atoms with Gasteiger partial charge in [-0.3, -0.25) is 0 Å². The smallest absolute Gasteiger partial charge is 0.494 e. The van der Waals surface area contributed by atoms with Crippen LogP contribution in [0.15, 0.2) is 140 Å². The third kappa shape index (κ3) is 19.6. The Balaban J connectivity index is 0.000000238. The summed E-state index contributed by atoms with van der Waals surface area (Å²) in [5.41, 5.74) is 10.4. The van der Waals surface area contributed by atoms with Crippen molar-refractivity contribution in [3.63, 3.8) is 0 Å². The van der Waals surface area contributed by atoms with Crippen LogP contribution >= 0.6 is 0 Å². The molecule has 0 unspecified atom stereocenters. The fraction of sp³-hybridized carbons (Fsp3) is 0.312. The number of aromatic nitrogens is 2. The van der Waals surface area contributed by atoms with Crippen molar-refractivity contribution in [2.75, 3.05) is 6.61 Å². The summed E-state index contributed by atoms with van der Waals surface area (Å²) in [5.74, 6) is 1.42. The number of imidazole rings is 1. The first-order chi connectivity index (χ1) is 25.9. The van der Waals surface area contributed by atoms with E-state index >= 15 is 0 Å². The lowest BCUT2D eigenvalue weighted by molar-refractivity contribution is -0.274. The summed E-state index contributed by atoms with van der Waals surface area (Å²) in [7, 11) is 0. The Hall–Kier alpha value is -5.30. The van der Waals surface area contributed by atoms with Gasteiger partial charge in [-0.15, -0.1) is 13.2 Å². The number of hydrogen-bond donors (Lipinski definition) is 0. The lowest BCUT2D eigenvalue weighted by Crippen LogP contribution is -2.16. The number of benzene rings is 5. The van der Waals surface area contributed by atoms with Crippen LogP contribution in [-0.4, -0.2) is 22.5 Å². The van der Waals surface area contributed by atoms with Crippen molar-refractivity contribution in [3.8, 4) is 17.2 Å². The Labute approximate surface area is 328 Å². The molecule has 0 aliphatic carbocycles. The first-order valence-corrected chi connectivity index (χ1v) is 18.6. The van der Waals surface area contributed by atoms with Crippen LogP contribution in [0.5, 0.6) is 11.5 Å². The highest BCUT2D eigenvalue weighted by atomic mass is 19.4. The third-order valence-electron chi connectivity index (χ3n) is 8.08. The van der Waals surface area contributed by atoms with E-state index in [0.717, 1.165) is 23.6 Å². The van der Waals surface area contributed by atoms with Crippen molar-refractivity contribution in [1.29, 1.82) is 0 Å². The van der Waals surface area contributed by atoms with Gasteiger partial charge < -0.3 is 14.0 Å². The molecule has 6 aromatic rings. The average Bonchev–Trinajstić information content (AvgIpc) is 3.67. The SMILES string of the molecule is CCOc1ccc(C)cc1.Cc1ccc(-n2ccnc2)cc1.Cc1ccc(C(C)(C)C)cc1.Cc1ccc(C(C)C)cc1.Cc1ccc(OC(F)(F)F)cc1. The molecule has 0 fully saturated rings. The fourth-order valence-electron chi connectivity index (χ4n) is 4.67. The van der Waals surface area contributed by atoms with Crippen molar-refractivity contribution in [2.24, 2.45) is 0 Å². The van der Waals surface area contributed by atoms with Crippen molar-refractivity contribution in [3.05, 3.63) is 179 Å². The molecule has 7 heteroatoms. The second kappa shape index (κ2) is 22.8. The van der Waals surface area contributed by atoms with E-state index in [9.17, 15) is 13.2 Å². The molecule has 0 bridgehead atoms. The number of nitrogens with zero attached hydrogens (tertiary/aromatic N) is 2. The van der Waals surface area contributed by atoms with Gasteiger partial charge >= 0.3 is 6.36 Å². The lowest BCUT2D eigenvalue weighted by Gasteiger charge is -2.18. The second-order valence-corrected chi connectivity index (χ2v) is 14.6. The van der Waals surface area contributed by atoms with Gasteiger partial charge in [0.1, 0.15) is 11.5 Å². The number of ether oxygens (including phenoxy) is 2. The molecule has 0 aliphatic rings. The highest BCUT2D eigenvalue weighted by molar-refractivity contribution is 5.34. The highest BCUT2D eigenvalue weighted by Crippen LogP contribution is 2.23. The quantitative estimate of drug-likeness (QED) is 0.176. The number of alkyl halides is 3. The highest BCUT2D eigenvalue weighted by Gasteiger charge is 2.30. The van der Waals surface area contributed by atoms with Crippen LogP contribution in [0.4, 0.5) is 13.2 Å². The van der Waals surface area contributed by atoms with E-state index in [1.54, 1.807) is 31.6 Å². The van der Waals surface area contributed by atoms with Crippen LogP contribution in [0.2, 0.25) is 0 Å². The molecule has 0 atom stereocenters. The summed E-state index contributed by atoms with van der Waals surface area (Å²) in [6.45, 7) is 24.0. The second-order valence-electron chi connectivity index (χ2n) is 14.6. The van der Waals surface area contributed by atoms with Crippen molar-refractivity contribution in [1.82, 2.24) is 9.55 Å². The Morgan fingerprint density at radius 3 is 1.35 bits per heavy atom. The molecule has 294 valence electrons. The first kappa shape index (κ1) is 45.9. The lowest BCUT2D eigenvalue weighted by atomic mass is 9.87. The average molecular weight is 753 g/mol. The van der Waals surface area contributed by atoms with Gasteiger partial charge in [-0.05, 0) is 100 Å². The summed E-state index contributed by atoms with van der Waals surface area (Å²) in [6.07, 6.45) is 0.907. The Kier molecular flexibility index (Phi) is 19.0. The largest absolute Gasteiger partial charge is 0.573 e. The van der Waals surface area contributed by atoms with E-state index < -0.39 is 6.36 Å². The molecule has 1 heterocycles. The van der Waals surface area contributed by atoms with Gasteiger partial charge in [-0.1, -0.05) is 147 Å². The van der Waals surface area contributed by atoms with E-state index in [2.05, 4.69) is 145 Å². The Morgan fingerprint density at radius 1 is 0.582 bits per heavy atom. The van der Waals surface area contributed by atoms with E-state index in [1.165, 1.54) is 45.5 Å². The van der Waals surface area contributed by atoms with Crippen molar-refractivity contribution >= 4 is 0 Å². The van der Waals surface area contributed by atoms with E-state index in [1.807, 2.05) is 42.0 Å². The molecule has 0 amide bonds. The molecule has 0 saturated heterocycles. The van der Waals surface area contributed by atoms with Crippen LogP contribution in [0.3, 0.4) is 0 Å². The molecule has 6 rings (SSSR count). The van der Waals surface area contributed by atoms with Gasteiger partial charge in [0.15, 0.2) is 0 Å². The number of aryl methyl sites for hydroxylation is 5. The maximum Gasteiger partial charge on any atom is 0.573 e. The van der Waals surface area contributed by atoms with Crippen LogP contribution in [0.1, 0.15) is 86.4 Å². The molecule has 5 aromatic carbocycles. The minimum atomic E-state index is -4.60. The maximum atomic E-state index is 11.6. The third-order valence-corrected chi connectivity index (χ3v) is 8.08. The minimum absolute atomic E-state index is 0.187. The van der Waals surface area contributed by atoms with Gasteiger partial charge in [-0.2, -0.15) is 0 Å². The zero-order valence-corrected chi connectivity index (χ0v) is 34.4. The summed E-state index contributed by atoms with van der Waals surface area (Å²) >= 11 is 0. The van der Waals surface area contributed by atoms with Crippen molar-refractivity contribution < 1.29 is 22.6 Å². The summed E-state index contributed by atoms with van der Waals surface area (Å²) in [4.78, 5) is 3.98. The number of hydrogen-bond acceptors (Lipinski definition) is 3. The predicted molar refractivity (Wildman–Crippen MR) is 224 cm³/mol. The van der Waals surface area contributed by atoms with Crippen LogP contribution in [0.25, 0.3) is 5.69 Å². The molecule has 0 aliphatic heterocycles. The van der Waals surface area contributed by atoms with E-state index in [4.69, 9.17) is 4.74 Å². The molecule has 0 N–H and O–H groups in total. The monoisotopic (exact) mass is 752 g/mol. The molecule has 4 nitrogen and oxygen atoms in total. The normalized spacial score (nSPS) is 10.6. The molecule has 55 heavy (non-hydrogen) atoms. The Bertz CT molecular complexity index is 1870. The summed E-state index contributed by atoms with van der Waals surface area (Å²) < 4.78 is 45.8. The van der Waals surface area contributed by atoms with Crippen LogP contribution < -0.4 is 9.47 Å². The standard InChI is InChI=1S/C11H16.C10H10N2.C10H14.C9H12O.C8H7F3O/c1-9-5-7-10(8-6-9)11(2,3)4;1-9-2-4-10(5-3-9)12-7-6-11-8-12;1-8(2)10-6-4-9(3)5-7-10;1-3-10-9-6-4-8(2)5-7-9;1-6-2-4-7(5-3-6)12-8(9,10)11/h5-8H,1-4H3;2-8H,1H3;4-8H,1-3H3;4-7H,3H2,1-2H3;2-5H,1H3. The zero-order valence-electron chi connectivity index (χ0n) is 34.4. The van der Waals surface area contributed by atoms with Gasteiger partial charge in [-0.25, -0.2) is 4.98 Å². The maximum absolute atomic E-state index is 11.6. The zero-order chi connectivity index (χ0) is 41.0. The van der Waals surface area contributed by atoms with Gasteiger partial charge in [0.05, 0.1) is 12.9 Å². The van der Waals surface area contributed by atoms with Crippen LogP contribution in [0, 0.1) is 34.6 Å². The number of halogens is 3. The molecule has 1 aromatic heterocycles. The van der Waals surface area contributed by atoms with Gasteiger partial charge in [0, 0.05) is 18.1 Å². The van der Waals surface area contributed by atoms with Crippen LogP contribution in [-0.2, 0) is 5.41 Å². The fourth-order valence-corrected chi connectivity index (χ4v) is 4.67. The summed E-state index contributed by atoms with van der Waals surface area (Å²) in [6, 6.07) is 39.5. The van der Waals surface area contributed by atoms with Gasteiger partial charge in [0.25, 0.3) is 0 Å². The molecule has 0 saturated carbocycles. The molecule has 0 spiro atoms. The predicted octanol–water partition coefficient (Wildman–Crippen LogP) is 13.9. The topological polar surface area (TPSA) is 36.3 Å². The van der Waals surface area contributed by atoms with E-state index in [-0.39, 0.29) is 11.2 Å². The van der Waals surface area contributed by atoms with Gasteiger partial charge in [0.2, 0.25) is 0 Å². The summed E-state index contributed by atoms with van der Waals surface area (Å²) in [5, 5.41) is 0. The number of rotatable bonds is 5. The minimum Gasteiger partial charge on any atom is -0.494 e. The first-order valence-electron chi connectivity index (χ1n) is 18.6. The van der Waals surface area contributed by atoms with Crippen molar-refractivity contribution in [2.45, 2.75) is 93.9 Å². The molecular formula is C48H59F3N2O2. The molecule has 0 radical (unpaired) electrons. The Morgan fingerprint density at radius 2 is 0.982 bits per heavy atom. The molecular weight excluding hydrogens is 694 g/mol.